The van der Waals surface area contributed by atoms with Crippen molar-refractivity contribution < 1.29 is 4.74 Å². The first-order chi connectivity index (χ1) is 20.6. The molecule has 9 rings (SSSR count). The largest absolute Gasteiger partial charge is 0.374 e. The van der Waals surface area contributed by atoms with Crippen molar-refractivity contribution in [3.63, 3.8) is 0 Å². The molecule has 236 valence electrons. The van der Waals surface area contributed by atoms with Crippen LogP contribution < -0.4 is 0 Å². The summed E-state index contributed by atoms with van der Waals surface area (Å²) in [7, 11) is 0. The molecule has 2 nitrogen and oxygen atoms in total. The van der Waals surface area contributed by atoms with Crippen molar-refractivity contribution in [3.05, 3.63) is 0 Å². The number of rotatable bonds is 2. The van der Waals surface area contributed by atoms with E-state index in [-0.39, 0.29) is 0 Å². The summed E-state index contributed by atoms with van der Waals surface area (Å²) in [5.41, 5.74) is 0.563. The van der Waals surface area contributed by atoms with Crippen molar-refractivity contribution in [1.29, 1.82) is 0 Å². The van der Waals surface area contributed by atoms with Gasteiger partial charge in [-0.3, -0.25) is 4.90 Å². The summed E-state index contributed by atoms with van der Waals surface area (Å²) in [6.07, 6.45) is 32.8. The molecule has 3 heterocycles. The molecule has 3 aliphatic heterocycles. The Morgan fingerprint density at radius 1 is 0.548 bits per heavy atom. The molecule has 15 unspecified atom stereocenters. The third-order valence-electron chi connectivity index (χ3n) is 16.2. The third kappa shape index (κ3) is 4.44. The van der Waals surface area contributed by atoms with Crippen LogP contribution in [-0.4, -0.2) is 45.7 Å². The van der Waals surface area contributed by atoms with E-state index in [1.54, 1.807) is 32.1 Å². The van der Waals surface area contributed by atoms with E-state index in [2.05, 4.69) is 30.5 Å². The predicted molar refractivity (Wildman–Crippen MR) is 176 cm³/mol. The summed E-state index contributed by atoms with van der Waals surface area (Å²) in [5, 5.41) is 1.94. The zero-order valence-corrected chi connectivity index (χ0v) is 28.1. The highest BCUT2D eigenvalue weighted by atomic mass is 32.2. The molecule has 42 heavy (non-hydrogen) atoms. The predicted octanol–water partition coefficient (Wildman–Crippen LogP) is 9.89. The van der Waals surface area contributed by atoms with Crippen LogP contribution in [0, 0.1) is 52.8 Å². The summed E-state index contributed by atoms with van der Waals surface area (Å²) in [6, 6.07) is 2.71. The van der Waals surface area contributed by atoms with Gasteiger partial charge >= 0.3 is 0 Å². The number of likely N-dealkylation sites (tertiary alicyclic amines) is 1. The lowest BCUT2D eigenvalue weighted by molar-refractivity contribution is -0.144. The van der Waals surface area contributed by atoms with Gasteiger partial charge in [0, 0.05) is 34.5 Å². The second-order valence-electron chi connectivity index (χ2n) is 18.1. The summed E-state index contributed by atoms with van der Waals surface area (Å²) < 4.78 is 6.84. The van der Waals surface area contributed by atoms with Gasteiger partial charge in [-0.15, -0.1) is 0 Å². The summed E-state index contributed by atoms with van der Waals surface area (Å²) in [6.45, 7) is 5.43. The molecule has 15 atom stereocenters. The normalized spacial score (nSPS) is 55.4. The van der Waals surface area contributed by atoms with Gasteiger partial charge in [-0.25, -0.2) is 0 Å². The van der Waals surface area contributed by atoms with Crippen LogP contribution in [-0.2, 0) is 4.74 Å². The molecular weight excluding hydrogens is 531 g/mol. The number of nitrogens with zero attached hydrogens (tertiary/aromatic N) is 1. The number of thioether (sulfide) groups is 1. The van der Waals surface area contributed by atoms with E-state index in [4.69, 9.17) is 4.74 Å². The molecule has 0 amide bonds. The quantitative estimate of drug-likeness (QED) is 0.316. The highest BCUT2D eigenvalue weighted by molar-refractivity contribution is 8.00. The first kappa shape index (κ1) is 28.5. The van der Waals surface area contributed by atoms with Gasteiger partial charge in [0.1, 0.15) is 0 Å². The van der Waals surface area contributed by atoms with Gasteiger partial charge in [-0.05, 0) is 124 Å². The van der Waals surface area contributed by atoms with Crippen molar-refractivity contribution in [3.8, 4) is 0 Å². The topological polar surface area (TPSA) is 12.5 Å². The Labute approximate surface area is 263 Å². The minimum atomic E-state index is 0.563. The van der Waals surface area contributed by atoms with Crippen LogP contribution >= 0.6 is 11.8 Å². The molecule has 6 aliphatic carbocycles. The zero-order chi connectivity index (χ0) is 28.0. The van der Waals surface area contributed by atoms with E-state index in [1.165, 1.54) is 103 Å². The summed E-state index contributed by atoms with van der Waals surface area (Å²) in [5.74, 6) is 7.86. The van der Waals surface area contributed by atoms with Gasteiger partial charge in [0.25, 0.3) is 0 Å². The molecule has 0 bridgehead atoms. The van der Waals surface area contributed by atoms with Crippen LogP contribution in [0.15, 0.2) is 0 Å². The number of ether oxygens (including phenoxy) is 1. The van der Waals surface area contributed by atoms with E-state index in [0.29, 0.717) is 17.6 Å². The Hall–Kier alpha value is 0.270. The molecule has 0 aromatic heterocycles. The van der Waals surface area contributed by atoms with Crippen molar-refractivity contribution in [2.75, 3.05) is 0 Å². The van der Waals surface area contributed by atoms with Crippen LogP contribution in [0.2, 0.25) is 0 Å². The Balaban J connectivity index is 0.958. The van der Waals surface area contributed by atoms with E-state index in [1.807, 2.05) is 0 Å². The number of fused-ring (bicyclic) bond motifs is 9. The second kappa shape index (κ2) is 11.2. The van der Waals surface area contributed by atoms with Crippen molar-refractivity contribution in [2.24, 2.45) is 52.8 Å². The average molecular weight is 594 g/mol. The molecule has 9 fully saturated rings. The lowest BCUT2D eigenvalue weighted by atomic mass is 9.54. The van der Waals surface area contributed by atoms with Gasteiger partial charge in [-0.2, -0.15) is 11.8 Å². The van der Waals surface area contributed by atoms with E-state index >= 15 is 0 Å². The van der Waals surface area contributed by atoms with E-state index in [9.17, 15) is 0 Å². The molecule has 9 aliphatic rings. The smallest absolute Gasteiger partial charge is 0.0621 e. The Morgan fingerprint density at radius 2 is 1.19 bits per heavy atom. The average Bonchev–Trinajstić information content (AvgIpc) is 3.60. The van der Waals surface area contributed by atoms with Gasteiger partial charge in [-0.1, -0.05) is 71.6 Å². The number of hydrogen-bond donors (Lipinski definition) is 0. The standard InChI is InChI=1S/C39H63NOS/c1-39(2)30-16-4-6-18-32(30)40(33-19-7-5-17-31(33)39)25-12-9-11-24(23-25)26-14-10-15-27-28-21-22-35-36(38(28)42-37(26)27)29-13-3-8-20-34(29)41-35/h24-38H,3-23H2,1-2H3. The highest BCUT2D eigenvalue weighted by Crippen LogP contribution is 2.64. The lowest BCUT2D eigenvalue weighted by Gasteiger charge is -2.64. The van der Waals surface area contributed by atoms with Gasteiger partial charge in [0.2, 0.25) is 0 Å². The molecule has 3 heteroatoms. The molecule has 0 spiro atoms. The highest BCUT2D eigenvalue weighted by Gasteiger charge is 2.60. The Kier molecular flexibility index (Phi) is 7.60. The van der Waals surface area contributed by atoms with Gasteiger partial charge in [0.05, 0.1) is 12.2 Å². The lowest BCUT2D eigenvalue weighted by Crippen LogP contribution is -2.66. The van der Waals surface area contributed by atoms with Gasteiger partial charge < -0.3 is 4.74 Å². The van der Waals surface area contributed by atoms with Crippen molar-refractivity contribution in [2.45, 2.75) is 190 Å². The third-order valence-corrected chi connectivity index (χ3v) is 18.2. The molecular formula is C39H63NOS. The first-order valence-corrected chi connectivity index (χ1v) is 20.6. The fourth-order valence-electron chi connectivity index (χ4n) is 14.7. The molecule has 3 saturated heterocycles. The van der Waals surface area contributed by atoms with E-state index in [0.717, 1.165) is 76.0 Å². The van der Waals surface area contributed by atoms with Crippen molar-refractivity contribution in [1.82, 2.24) is 4.90 Å². The van der Waals surface area contributed by atoms with Crippen LogP contribution in [0.3, 0.4) is 0 Å². The van der Waals surface area contributed by atoms with E-state index < -0.39 is 0 Å². The molecule has 6 saturated carbocycles. The van der Waals surface area contributed by atoms with Crippen molar-refractivity contribution >= 4 is 11.8 Å². The van der Waals surface area contributed by atoms with Crippen LogP contribution in [0.25, 0.3) is 0 Å². The SMILES string of the molecule is CC1(C)C2CCCCC2N(C2CCCC(C3CCCC4C5CCC6OC7CCCCC7C6C5SC34)C2)C2CCCCC21. The van der Waals surface area contributed by atoms with Gasteiger partial charge in [0.15, 0.2) is 0 Å². The van der Waals surface area contributed by atoms with Crippen LogP contribution in [0.4, 0.5) is 0 Å². The minimum absolute atomic E-state index is 0.563. The number of hydrogen-bond acceptors (Lipinski definition) is 3. The molecule has 0 radical (unpaired) electrons. The summed E-state index contributed by atoms with van der Waals surface area (Å²) in [4.78, 5) is 3.33. The second-order valence-corrected chi connectivity index (χ2v) is 19.4. The maximum absolute atomic E-state index is 6.84. The molecule has 0 aromatic carbocycles. The molecule has 0 N–H and O–H groups in total. The first-order valence-electron chi connectivity index (χ1n) is 19.7. The fourth-order valence-corrected chi connectivity index (χ4v) is 17.2. The Morgan fingerprint density at radius 3 is 2.00 bits per heavy atom. The Bertz CT molecular complexity index is 955. The monoisotopic (exact) mass is 593 g/mol. The number of piperidine rings is 1. The van der Waals surface area contributed by atoms with Crippen LogP contribution in [0.1, 0.15) is 149 Å². The zero-order valence-electron chi connectivity index (χ0n) is 27.3. The fraction of sp³-hybridized carbons (Fsp3) is 1.00. The maximum atomic E-state index is 6.84. The maximum Gasteiger partial charge on any atom is 0.0621 e. The molecule has 0 aromatic rings. The van der Waals surface area contributed by atoms with Crippen LogP contribution in [0.5, 0.6) is 0 Å². The summed E-state index contributed by atoms with van der Waals surface area (Å²) >= 11 is 2.59. The minimum Gasteiger partial charge on any atom is -0.374 e.